The van der Waals surface area contributed by atoms with E-state index < -0.39 is 23.8 Å². The van der Waals surface area contributed by atoms with E-state index in [-0.39, 0.29) is 12.4 Å². The van der Waals surface area contributed by atoms with Gasteiger partial charge in [-0.1, -0.05) is 0 Å². The summed E-state index contributed by atoms with van der Waals surface area (Å²) in [6, 6.07) is 2.39. The molecule has 1 aromatic rings. The van der Waals surface area contributed by atoms with Gasteiger partial charge in [-0.2, -0.15) is 0 Å². The van der Waals surface area contributed by atoms with Crippen molar-refractivity contribution in [3.63, 3.8) is 0 Å². The molecule has 0 spiro atoms. The van der Waals surface area contributed by atoms with Gasteiger partial charge in [0.2, 0.25) is 0 Å². The zero-order valence-electron chi connectivity index (χ0n) is 8.28. The third-order valence-corrected chi connectivity index (χ3v) is 1.89. The van der Waals surface area contributed by atoms with Crippen molar-refractivity contribution in [2.24, 2.45) is 5.73 Å². The van der Waals surface area contributed by atoms with Gasteiger partial charge >= 0.3 is 0 Å². The van der Waals surface area contributed by atoms with Crippen LogP contribution in [0.3, 0.4) is 0 Å². The van der Waals surface area contributed by atoms with Crippen molar-refractivity contribution in [3.8, 4) is 5.75 Å². The summed E-state index contributed by atoms with van der Waals surface area (Å²) in [5, 5.41) is 8.90. The molecule has 0 saturated heterocycles. The quantitative estimate of drug-likeness (QED) is 0.792. The van der Waals surface area contributed by atoms with Gasteiger partial charge in [0.25, 0.3) is 0 Å². The molecular formula is C10H13F2NO2. The van der Waals surface area contributed by atoms with Gasteiger partial charge in [-0.3, -0.25) is 0 Å². The maximum atomic E-state index is 12.8. The molecule has 0 fully saturated rings. The second-order valence-corrected chi connectivity index (χ2v) is 3.30. The molecule has 1 rings (SSSR count). The second kappa shape index (κ2) is 5.04. The van der Waals surface area contributed by atoms with Crippen molar-refractivity contribution < 1.29 is 18.6 Å². The molecule has 3 N–H and O–H groups in total. The van der Waals surface area contributed by atoms with Crippen molar-refractivity contribution in [2.45, 2.75) is 19.1 Å². The molecular weight excluding hydrogens is 204 g/mol. The summed E-state index contributed by atoms with van der Waals surface area (Å²) >= 11 is 0. The molecule has 0 aliphatic rings. The van der Waals surface area contributed by atoms with Crippen LogP contribution in [0.15, 0.2) is 18.2 Å². The van der Waals surface area contributed by atoms with Gasteiger partial charge in [0.15, 0.2) is 0 Å². The van der Waals surface area contributed by atoms with E-state index in [4.69, 9.17) is 15.6 Å². The zero-order chi connectivity index (χ0) is 11.4. The smallest absolute Gasteiger partial charge is 0.136 e. The van der Waals surface area contributed by atoms with Crippen LogP contribution >= 0.6 is 0 Å². The highest BCUT2D eigenvalue weighted by atomic mass is 19.1. The Bertz CT molecular complexity index is 311. The van der Waals surface area contributed by atoms with Crippen LogP contribution in [0.4, 0.5) is 8.78 Å². The Kier molecular flexibility index (Phi) is 3.99. The van der Waals surface area contributed by atoms with Crippen LogP contribution in [0.2, 0.25) is 0 Å². The first-order valence-corrected chi connectivity index (χ1v) is 4.52. The molecule has 0 aliphatic carbocycles. The Labute approximate surface area is 86.5 Å². The molecule has 0 amide bonds. The van der Waals surface area contributed by atoms with Crippen molar-refractivity contribution in [2.75, 3.05) is 6.61 Å². The van der Waals surface area contributed by atoms with Crippen molar-refractivity contribution in [3.05, 3.63) is 29.8 Å². The maximum Gasteiger partial charge on any atom is 0.136 e. The fourth-order valence-corrected chi connectivity index (χ4v) is 1.08. The number of halogens is 2. The van der Waals surface area contributed by atoms with Crippen molar-refractivity contribution in [1.82, 2.24) is 0 Å². The molecule has 0 radical (unpaired) electrons. The van der Waals surface area contributed by atoms with E-state index in [1.807, 2.05) is 0 Å². The minimum atomic E-state index is -0.730. The number of hydrogen-bond acceptors (Lipinski definition) is 3. The Morgan fingerprint density at radius 2 is 1.87 bits per heavy atom. The number of aliphatic hydroxyl groups excluding tert-OH is 1. The van der Waals surface area contributed by atoms with Gasteiger partial charge < -0.3 is 15.6 Å². The highest BCUT2D eigenvalue weighted by molar-refractivity contribution is 5.24. The third-order valence-electron chi connectivity index (χ3n) is 1.89. The number of nitrogens with two attached hydrogens (primary N) is 1. The monoisotopic (exact) mass is 217 g/mol. The average molecular weight is 217 g/mol. The van der Waals surface area contributed by atoms with E-state index >= 15 is 0 Å². The predicted octanol–water partition coefficient (Wildman–Crippen LogP) is 1.05. The predicted molar refractivity (Wildman–Crippen MR) is 51.5 cm³/mol. The zero-order valence-corrected chi connectivity index (χ0v) is 8.28. The van der Waals surface area contributed by atoms with E-state index in [0.29, 0.717) is 0 Å². The van der Waals surface area contributed by atoms with Crippen molar-refractivity contribution in [1.29, 1.82) is 0 Å². The Hall–Kier alpha value is -1.20. The first kappa shape index (κ1) is 11.9. The maximum absolute atomic E-state index is 12.8. The topological polar surface area (TPSA) is 55.5 Å². The average Bonchev–Trinajstić information content (AvgIpc) is 2.12. The van der Waals surface area contributed by atoms with E-state index in [1.54, 1.807) is 6.92 Å². The van der Waals surface area contributed by atoms with Crippen LogP contribution in [0.1, 0.15) is 6.92 Å². The normalized spacial score (nSPS) is 14.7. The SMILES string of the molecule is CC(N)C(CO)Oc1cc(F)cc(F)c1. The Balaban J connectivity index is 2.79. The van der Waals surface area contributed by atoms with Crippen LogP contribution in [-0.4, -0.2) is 23.9 Å². The summed E-state index contributed by atoms with van der Waals surface area (Å²) in [5.74, 6) is -1.44. The summed E-state index contributed by atoms with van der Waals surface area (Å²) in [7, 11) is 0. The minimum absolute atomic E-state index is 0.0175. The first-order valence-electron chi connectivity index (χ1n) is 4.52. The molecule has 0 aliphatic heterocycles. The molecule has 1 aromatic carbocycles. The second-order valence-electron chi connectivity index (χ2n) is 3.30. The van der Waals surface area contributed by atoms with Crippen LogP contribution in [0.25, 0.3) is 0 Å². The van der Waals surface area contributed by atoms with Crippen molar-refractivity contribution >= 4 is 0 Å². The summed E-state index contributed by atoms with van der Waals surface area (Å²) < 4.78 is 30.7. The molecule has 0 saturated carbocycles. The van der Waals surface area contributed by atoms with Crippen LogP contribution in [0.5, 0.6) is 5.75 Å². The molecule has 84 valence electrons. The molecule has 5 heteroatoms. The van der Waals surface area contributed by atoms with E-state index in [1.165, 1.54) is 0 Å². The lowest BCUT2D eigenvalue weighted by atomic mass is 10.2. The highest BCUT2D eigenvalue weighted by Gasteiger charge is 2.15. The number of benzene rings is 1. The molecule has 0 aromatic heterocycles. The lowest BCUT2D eigenvalue weighted by molar-refractivity contribution is 0.0984. The Morgan fingerprint density at radius 1 is 1.33 bits per heavy atom. The molecule has 3 nitrogen and oxygen atoms in total. The van der Waals surface area contributed by atoms with Crippen LogP contribution < -0.4 is 10.5 Å². The van der Waals surface area contributed by atoms with Gasteiger partial charge in [-0.15, -0.1) is 0 Å². The van der Waals surface area contributed by atoms with Gasteiger partial charge in [0.1, 0.15) is 23.5 Å². The number of aliphatic hydroxyl groups is 1. The molecule has 2 atom stereocenters. The van der Waals surface area contributed by atoms with Gasteiger partial charge in [0.05, 0.1) is 6.61 Å². The molecule has 2 unspecified atom stereocenters. The standard InChI is InChI=1S/C10H13F2NO2/c1-6(13)10(5-14)15-9-3-7(11)2-8(12)4-9/h2-4,6,10,14H,5,13H2,1H3. The summed E-state index contributed by atoms with van der Waals surface area (Å²) in [5.41, 5.74) is 5.50. The lowest BCUT2D eigenvalue weighted by Crippen LogP contribution is -2.39. The van der Waals surface area contributed by atoms with Gasteiger partial charge in [-0.25, -0.2) is 8.78 Å². The lowest BCUT2D eigenvalue weighted by Gasteiger charge is -2.20. The molecule has 0 heterocycles. The number of hydrogen-bond donors (Lipinski definition) is 2. The third kappa shape index (κ3) is 3.45. The summed E-state index contributed by atoms with van der Waals surface area (Å²) in [6.07, 6.45) is -0.675. The molecule has 15 heavy (non-hydrogen) atoms. The van der Waals surface area contributed by atoms with E-state index in [2.05, 4.69) is 0 Å². The summed E-state index contributed by atoms with van der Waals surface area (Å²) in [6.45, 7) is 1.33. The Morgan fingerprint density at radius 3 is 2.27 bits per heavy atom. The van der Waals surface area contributed by atoms with E-state index in [0.717, 1.165) is 18.2 Å². The fraction of sp³-hybridized carbons (Fsp3) is 0.400. The first-order chi connectivity index (χ1) is 7.02. The van der Waals surface area contributed by atoms with Gasteiger partial charge in [-0.05, 0) is 6.92 Å². The van der Waals surface area contributed by atoms with Crippen LogP contribution in [0, 0.1) is 11.6 Å². The fourth-order valence-electron chi connectivity index (χ4n) is 1.08. The number of ether oxygens (including phenoxy) is 1. The van der Waals surface area contributed by atoms with Crippen LogP contribution in [-0.2, 0) is 0 Å². The van der Waals surface area contributed by atoms with Gasteiger partial charge in [0, 0.05) is 24.2 Å². The minimum Gasteiger partial charge on any atom is -0.486 e. The van der Waals surface area contributed by atoms with E-state index in [9.17, 15) is 8.78 Å². The largest absolute Gasteiger partial charge is 0.486 e. The highest BCUT2D eigenvalue weighted by Crippen LogP contribution is 2.17. The summed E-state index contributed by atoms with van der Waals surface area (Å²) in [4.78, 5) is 0. The number of rotatable bonds is 4. The molecule has 0 bridgehead atoms.